The van der Waals surface area contributed by atoms with Crippen LogP contribution in [0.25, 0.3) is 11.1 Å². The highest BCUT2D eigenvalue weighted by molar-refractivity contribution is 7.80. The van der Waals surface area contributed by atoms with E-state index in [1.54, 1.807) is 6.07 Å². The van der Waals surface area contributed by atoms with Gasteiger partial charge in [-0.3, -0.25) is 0 Å². The maximum absolute atomic E-state index is 12.5. The van der Waals surface area contributed by atoms with E-state index in [0.717, 1.165) is 16.0 Å². The van der Waals surface area contributed by atoms with Crippen LogP contribution in [-0.2, 0) is 4.74 Å². The van der Waals surface area contributed by atoms with Crippen molar-refractivity contribution in [1.29, 1.82) is 0 Å². The van der Waals surface area contributed by atoms with Crippen LogP contribution in [0.1, 0.15) is 15.2 Å². The highest BCUT2D eigenvalue weighted by Gasteiger charge is 2.24. The maximum Gasteiger partial charge on any atom is 0.341 e. The van der Waals surface area contributed by atoms with E-state index in [0.29, 0.717) is 31.3 Å². The zero-order chi connectivity index (χ0) is 21.1. The number of carbonyl (C=O) groups excluding carboxylic acids is 1. The van der Waals surface area contributed by atoms with Gasteiger partial charge in [0.2, 0.25) is 0 Å². The highest BCUT2D eigenvalue weighted by atomic mass is 35.5. The minimum absolute atomic E-state index is 0.247. The van der Waals surface area contributed by atoms with E-state index < -0.39 is 5.97 Å². The Labute approximate surface area is 192 Å². The van der Waals surface area contributed by atoms with E-state index in [9.17, 15) is 4.79 Å². The molecule has 2 N–H and O–H groups in total. The quantitative estimate of drug-likeness (QED) is 0.231. The van der Waals surface area contributed by atoms with Crippen molar-refractivity contribution < 1.29 is 9.53 Å². The Balaban J connectivity index is 1.94. The Bertz CT molecular complexity index is 1090. The molecule has 0 aliphatic carbocycles. The van der Waals surface area contributed by atoms with Crippen molar-refractivity contribution in [3.63, 3.8) is 0 Å². The largest absolute Gasteiger partial charge is 0.465 e. The summed E-state index contributed by atoms with van der Waals surface area (Å²) in [4.78, 5) is 13.5. The van der Waals surface area contributed by atoms with Gasteiger partial charge in [0.25, 0.3) is 0 Å². The number of halogens is 3. The van der Waals surface area contributed by atoms with Gasteiger partial charge in [-0.15, -0.1) is 11.3 Å². The van der Waals surface area contributed by atoms with Crippen molar-refractivity contribution in [3.8, 4) is 11.1 Å². The van der Waals surface area contributed by atoms with E-state index in [4.69, 9.17) is 51.8 Å². The van der Waals surface area contributed by atoms with Crippen LogP contribution in [-0.4, -0.2) is 18.2 Å². The lowest BCUT2D eigenvalue weighted by Crippen LogP contribution is -2.20. The first kappa shape index (κ1) is 21.9. The maximum atomic E-state index is 12.5. The molecule has 0 saturated carbocycles. The predicted octanol–water partition coefficient (Wildman–Crippen LogP) is 7.28. The summed E-state index contributed by atoms with van der Waals surface area (Å²) in [6, 6.07) is 12.7. The van der Waals surface area contributed by atoms with Crippen molar-refractivity contribution in [2.75, 3.05) is 17.7 Å². The number of hydrogen-bond acceptors (Lipinski definition) is 4. The fourth-order valence-corrected chi connectivity index (χ4v) is 4.70. The summed E-state index contributed by atoms with van der Waals surface area (Å²) in [6.07, 6.45) is 0. The Morgan fingerprint density at radius 3 is 2.34 bits per heavy atom. The Kier molecular flexibility index (Phi) is 7.03. The number of methoxy groups -OCH3 is 1. The minimum Gasteiger partial charge on any atom is -0.465 e. The molecule has 0 fully saturated rings. The van der Waals surface area contributed by atoms with Gasteiger partial charge in [-0.2, -0.15) is 0 Å². The summed E-state index contributed by atoms with van der Waals surface area (Å²) < 4.78 is 5.01. The summed E-state index contributed by atoms with van der Waals surface area (Å²) in [5.74, 6) is -0.453. The number of hydrogen-bond donors (Lipinski definition) is 2. The fraction of sp³-hybridized carbons (Fsp3) is 0.100. The van der Waals surface area contributed by atoms with Crippen LogP contribution in [0.5, 0.6) is 0 Å². The summed E-state index contributed by atoms with van der Waals surface area (Å²) in [5.41, 5.74) is 2.64. The minimum atomic E-state index is -0.453. The van der Waals surface area contributed by atoms with E-state index in [-0.39, 0.29) is 5.11 Å². The van der Waals surface area contributed by atoms with Gasteiger partial charge in [-0.05, 0) is 36.8 Å². The molecule has 0 aliphatic heterocycles. The zero-order valence-electron chi connectivity index (χ0n) is 15.3. The van der Waals surface area contributed by atoms with Crippen LogP contribution in [0.15, 0.2) is 42.5 Å². The van der Waals surface area contributed by atoms with Gasteiger partial charge in [0.15, 0.2) is 5.11 Å². The van der Waals surface area contributed by atoms with Crippen molar-refractivity contribution in [3.05, 3.63) is 68.0 Å². The third-order valence-corrected chi connectivity index (χ3v) is 6.28. The van der Waals surface area contributed by atoms with E-state index in [1.165, 1.54) is 24.5 Å². The molecule has 2 aromatic carbocycles. The Hall–Kier alpha value is -1.83. The molecule has 9 heteroatoms. The average molecular weight is 486 g/mol. The third-order valence-electron chi connectivity index (χ3n) is 4.02. The molecule has 0 spiro atoms. The second-order valence-corrected chi connectivity index (χ2v) is 8.77. The van der Waals surface area contributed by atoms with E-state index in [1.807, 2.05) is 37.3 Å². The first-order chi connectivity index (χ1) is 13.8. The lowest BCUT2D eigenvalue weighted by molar-refractivity contribution is 0.0603. The molecule has 3 rings (SSSR count). The molecule has 4 nitrogen and oxygen atoms in total. The van der Waals surface area contributed by atoms with Gasteiger partial charge in [0.05, 0.1) is 27.9 Å². The van der Waals surface area contributed by atoms with Gasteiger partial charge in [-0.1, -0.05) is 65.1 Å². The first-order valence-corrected chi connectivity index (χ1v) is 10.7. The smallest absolute Gasteiger partial charge is 0.341 e. The summed E-state index contributed by atoms with van der Waals surface area (Å²) in [7, 11) is 1.35. The Morgan fingerprint density at radius 1 is 1.03 bits per heavy atom. The molecule has 29 heavy (non-hydrogen) atoms. The number of esters is 1. The van der Waals surface area contributed by atoms with Crippen LogP contribution in [0.2, 0.25) is 15.1 Å². The zero-order valence-corrected chi connectivity index (χ0v) is 19.2. The number of anilines is 2. The van der Waals surface area contributed by atoms with Crippen molar-refractivity contribution >= 4 is 80.1 Å². The van der Waals surface area contributed by atoms with Crippen LogP contribution in [0, 0.1) is 6.92 Å². The highest BCUT2D eigenvalue weighted by Crippen LogP contribution is 2.40. The molecule has 0 bridgehead atoms. The van der Waals surface area contributed by atoms with Crippen molar-refractivity contribution in [2.24, 2.45) is 0 Å². The lowest BCUT2D eigenvalue weighted by atomic mass is 10.0. The normalized spacial score (nSPS) is 10.5. The van der Waals surface area contributed by atoms with Gasteiger partial charge >= 0.3 is 5.97 Å². The average Bonchev–Trinajstić information content (AvgIpc) is 3.01. The number of rotatable bonds is 4. The Morgan fingerprint density at radius 2 is 1.69 bits per heavy atom. The second kappa shape index (κ2) is 9.32. The first-order valence-electron chi connectivity index (χ1n) is 8.31. The molecule has 150 valence electrons. The topological polar surface area (TPSA) is 50.4 Å². The molecular weight excluding hydrogens is 471 g/mol. The monoisotopic (exact) mass is 484 g/mol. The molecule has 0 aliphatic rings. The molecular formula is C20H15Cl3N2O2S2. The molecule has 1 heterocycles. The number of aryl methyl sites for hydroxylation is 1. The van der Waals surface area contributed by atoms with Crippen molar-refractivity contribution in [2.45, 2.75) is 6.92 Å². The number of thiophene rings is 1. The molecule has 0 saturated heterocycles. The molecule has 3 aromatic rings. The van der Waals surface area contributed by atoms with Gasteiger partial charge in [-0.25, -0.2) is 4.79 Å². The standard InChI is InChI=1S/C20H15Cl3N2O2S2/c1-10-16(11-6-4-3-5-7-11)17(19(26)27-2)18(29-10)25-20(28)24-15-9-13(22)12(21)8-14(15)23/h3-9H,1-2H3,(H2,24,25,28). The van der Waals surface area contributed by atoms with Crippen LogP contribution >= 0.6 is 58.4 Å². The van der Waals surface area contributed by atoms with Gasteiger partial charge in [0.1, 0.15) is 10.6 Å². The molecule has 0 radical (unpaired) electrons. The van der Waals surface area contributed by atoms with E-state index >= 15 is 0 Å². The van der Waals surface area contributed by atoms with Crippen LogP contribution in [0.4, 0.5) is 10.7 Å². The fourth-order valence-electron chi connectivity index (χ4n) is 2.76. The molecule has 0 atom stereocenters. The van der Waals surface area contributed by atoms with Crippen LogP contribution in [0.3, 0.4) is 0 Å². The number of thiocarbonyl (C=S) groups is 1. The van der Waals surface area contributed by atoms with Gasteiger partial charge < -0.3 is 15.4 Å². The summed E-state index contributed by atoms with van der Waals surface area (Å²) in [5, 5.41) is 7.92. The van der Waals surface area contributed by atoms with Crippen LogP contribution < -0.4 is 10.6 Å². The SMILES string of the molecule is COC(=O)c1c(NC(=S)Nc2cc(Cl)c(Cl)cc2Cl)sc(C)c1-c1ccccc1. The predicted molar refractivity (Wildman–Crippen MR) is 127 cm³/mol. The van der Waals surface area contributed by atoms with Gasteiger partial charge in [0, 0.05) is 10.4 Å². The third kappa shape index (κ3) is 4.85. The lowest BCUT2D eigenvalue weighted by Gasteiger charge is -2.13. The van der Waals surface area contributed by atoms with E-state index in [2.05, 4.69) is 10.6 Å². The summed E-state index contributed by atoms with van der Waals surface area (Å²) >= 11 is 25.0. The van der Waals surface area contributed by atoms with Crippen molar-refractivity contribution in [1.82, 2.24) is 0 Å². The number of nitrogens with one attached hydrogen (secondary N) is 2. The second-order valence-electron chi connectivity index (χ2n) is 5.92. The molecule has 1 aromatic heterocycles. The number of ether oxygens (including phenoxy) is 1. The molecule has 0 amide bonds. The summed E-state index contributed by atoms with van der Waals surface area (Å²) in [6.45, 7) is 1.94. The molecule has 0 unspecified atom stereocenters. The number of benzene rings is 2. The number of carbonyl (C=O) groups is 1.